The van der Waals surface area contributed by atoms with Crippen LogP contribution in [0.15, 0.2) is 0 Å². The molecule has 0 amide bonds. The van der Waals surface area contributed by atoms with Gasteiger partial charge in [0.1, 0.15) is 0 Å². The second-order valence-corrected chi connectivity index (χ2v) is 4.18. The zero-order valence-corrected chi connectivity index (χ0v) is 7.27. The Morgan fingerprint density at radius 3 is 2.00 bits per heavy atom. The number of hydrogen-bond acceptors (Lipinski definition) is 4. The van der Waals surface area contributed by atoms with Crippen molar-refractivity contribution in [3.8, 4) is 0 Å². The highest BCUT2D eigenvalue weighted by Gasteiger charge is 2.20. The summed E-state index contributed by atoms with van der Waals surface area (Å²) in [5.74, 6) is 0. The maximum Gasteiger partial charge on any atom is 0.335 e. The van der Waals surface area contributed by atoms with E-state index >= 15 is 0 Å². The maximum atomic E-state index is 11.2. The SMILES string of the molecule is COP(=O)(CC(C)=N)OC. The van der Waals surface area contributed by atoms with Crippen molar-refractivity contribution in [3.05, 3.63) is 0 Å². The Balaban J connectivity index is 4.07. The van der Waals surface area contributed by atoms with Crippen LogP contribution >= 0.6 is 7.60 Å². The number of nitrogens with one attached hydrogen (secondary N) is 1. The quantitative estimate of drug-likeness (QED) is 0.507. The molecule has 0 aromatic carbocycles. The largest absolute Gasteiger partial charge is 0.335 e. The smallest absolute Gasteiger partial charge is 0.312 e. The first-order valence-corrected chi connectivity index (χ1v) is 4.51. The van der Waals surface area contributed by atoms with Gasteiger partial charge in [-0.05, 0) is 6.92 Å². The molecule has 0 aromatic rings. The lowest BCUT2D eigenvalue weighted by Crippen LogP contribution is -2.01. The Kier molecular flexibility index (Phi) is 3.79. The summed E-state index contributed by atoms with van der Waals surface area (Å²) >= 11 is 0. The molecule has 5 heteroatoms. The predicted octanol–water partition coefficient (Wildman–Crippen LogP) is 1.51. The van der Waals surface area contributed by atoms with Crippen molar-refractivity contribution in [2.75, 3.05) is 20.4 Å². The molecular weight excluding hydrogens is 153 g/mol. The zero-order chi connectivity index (χ0) is 8.20. The van der Waals surface area contributed by atoms with Crippen LogP contribution in [0.3, 0.4) is 0 Å². The van der Waals surface area contributed by atoms with E-state index in [0.29, 0.717) is 5.71 Å². The third-order valence-electron chi connectivity index (χ3n) is 0.987. The van der Waals surface area contributed by atoms with Crippen molar-refractivity contribution in [1.82, 2.24) is 0 Å². The Morgan fingerprint density at radius 2 is 1.90 bits per heavy atom. The third kappa shape index (κ3) is 3.11. The van der Waals surface area contributed by atoms with Crippen molar-refractivity contribution in [2.24, 2.45) is 0 Å². The standard InChI is InChI=1S/C5H12NO3P/c1-5(6)4-10(7,8-2)9-3/h6H,4H2,1-3H3. The van der Waals surface area contributed by atoms with Crippen LogP contribution in [0.1, 0.15) is 6.92 Å². The van der Waals surface area contributed by atoms with Crippen molar-refractivity contribution < 1.29 is 13.6 Å². The fraction of sp³-hybridized carbons (Fsp3) is 0.800. The summed E-state index contributed by atoms with van der Waals surface area (Å²) in [5.41, 5.74) is 0.298. The monoisotopic (exact) mass is 165 g/mol. The van der Waals surface area contributed by atoms with Gasteiger partial charge in [-0.25, -0.2) is 0 Å². The molecule has 0 heterocycles. The van der Waals surface area contributed by atoms with E-state index in [1.54, 1.807) is 6.92 Å². The zero-order valence-electron chi connectivity index (χ0n) is 6.38. The molecule has 0 unspecified atom stereocenters. The topological polar surface area (TPSA) is 59.4 Å². The van der Waals surface area contributed by atoms with E-state index in [1.807, 2.05) is 0 Å². The molecule has 0 saturated heterocycles. The maximum absolute atomic E-state index is 11.2. The Bertz CT molecular complexity index is 160. The molecule has 0 aliphatic carbocycles. The highest BCUT2D eigenvalue weighted by atomic mass is 31.2. The molecule has 0 saturated carbocycles. The lowest BCUT2D eigenvalue weighted by molar-refractivity contribution is 0.279. The van der Waals surface area contributed by atoms with Gasteiger partial charge in [-0.15, -0.1) is 0 Å². The van der Waals surface area contributed by atoms with E-state index in [4.69, 9.17) is 5.41 Å². The minimum Gasteiger partial charge on any atom is -0.312 e. The molecule has 0 aliphatic rings. The lowest BCUT2D eigenvalue weighted by atomic mass is 10.5. The van der Waals surface area contributed by atoms with Gasteiger partial charge in [0.2, 0.25) is 0 Å². The molecule has 0 bridgehead atoms. The second kappa shape index (κ2) is 3.86. The minimum atomic E-state index is -2.96. The molecule has 0 spiro atoms. The second-order valence-electron chi connectivity index (χ2n) is 1.91. The van der Waals surface area contributed by atoms with Crippen LogP contribution in [0.5, 0.6) is 0 Å². The van der Waals surface area contributed by atoms with Crippen LogP contribution < -0.4 is 0 Å². The summed E-state index contributed by atoms with van der Waals surface area (Å²) in [6.07, 6.45) is 0.0694. The molecule has 10 heavy (non-hydrogen) atoms. The average molecular weight is 165 g/mol. The molecule has 0 fully saturated rings. The first kappa shape index (κ1) is 9.82. The molecule has 0 atom stereocenters. The normalized spacial score (nSPS) is 11.5. The Labute approximate surface area is 60.6 Å². The van der Waals surface area contributed by atoms with Gasteiger partial charge in [-0.2, -0.15) is 0 Å². The van der Waals surface area contributed by atoms with E-state index in [9.17, 15) is 4.57 Å². The third-order valence-corrected chi connectivity index (χ3v) is 2.96. The van der Waals surface area contributed by atoms with Crippen LogP contribution in [0.25, 0.3) is 0 Å². The summed E-state index contributed by atoms with van der Waals surface area (Å²) in [4.78, 5) is 0. The van der Waals surface area contributed by atoms with Gasteiger partial charge in [0.05, 0.1) is 6.16 Å². The summed E-state index contributed by atoms with van der Waals surface area (Å²) in [6, 6.07) is 0. The van der Waals surface area contributed by atoms with Crippen molar-refractivity contribution in [3.63, 3.8) is 0 Å². The summed E-state index contributed by atoms with van der Waals surface area (Å²) in [7, 11) is -0.336. The molecule has 0 aromatic heterocycles. The minimum absolute atomic E-state index is 0.0694. The van der Waals surface area contributed by atoms with E-state index in [2.05, 4.69) is 9.05 Å². The molecular formula is C5H12NO3P. The van der Waals surface area contributed by atoms with Gasteiger partial charge in [0.25, 0.3) is 0 Å². The van der Waals surface area contributed by atoms with Crippen LogP contribution in [-0.2, 0) is 13.6 Å². The molecule has 1 N–H and O–H groups in total. The van der Waals surface area contributed by atoms with Crippen LogP contribution in [0.2, 0.25) is 0 Å². The van der Waals surface area contributed by atoms with Crippen LogP contribution in [0.4, 0.5) is 0 Å². The Hall–Kier alpha value is -0.180. The van der Waals surface area contributed by atoms with Gasteiger partial charge in [0.15, 0.2) is 0 Å². The van der Waals surface area contributed by atoms with Gasteiger partial charge in [-0.1, -0.05) is 0 Å². The summed E-state index contributed by atoms with van der Waals surface area (Å²) in [6.45, 7) is 1.56. The van der Waals surface area contributed by atoms with E-state index < -0.39 is 7.60 Å². The molecule has 60 valence electrons. The first-order chi connectivity index (χ1) is 4.54. The summed E-state index contributed by atoms with van der Waals surface area (Å²) in [5, 5.41) is 7.02. The predicted molar refractivity (Wildman–Crippen MR) is 39.9 cm³/mol. The molecule has 4 nitrogen and oxygen atoms in total. The van der Waals surface area contributed by atoms with E-state index in [-0.39, 0.29) is 6.16 Å². The average Bonchev–Trinajstić information content (AvgIpc) is 1.87. The lowest BCUT2D eigenvalue weighted by Gasteiger charge is -2.11. The van der Waals surface area contributed by atoms with Crippen molar-refractivity contribution >= 4 is 13.3 Å². The fourth-order valence-corrected chi connectivity index (χ4v) is 1.48. The van der Waals surface area contributed by atoms with Crippen LogP contribution in [-0.4, -0.2) is 26.1 Å². The molecule has 0 rings (SSSR count). The fourth-order valence-electron chi connectivity index (χ4n) is 0.494. The van der Waals surface area contributed by atoms with Crippen molar-refractivity contribution in [2.45, 2.75) is 6.92 Å². The van der Waals surface area contributed by atoms with Gasteiger partial charge >= 0.3 is 7.60 Å². The van der Waals surface area contributed by atoms with Gasteiger partial charge in [-0.3, -0.25) is 4.57 Å². The van der Waals surface area contributed by atoms with Gasteiger partial charge < -0.3 is 14.5 Å². The molecule has 0 aliphatic heterocycles. The van der Waals surface area contributed by atoms with Gasteiger partial charge in [0, 0.05) is 19.9 Å². The number of rotatable bonds is 4. The highest BCUT2D eigenvalue weighted by Crippen LogP contribution is 2.45. The van der Waals surface area contributed by atoms with E-state index in [0.717, 1.165) is 0 Å². The number of hydrogen-bond donors (Lipinski definition) is 1. The molecule has 0 radical (unpaired) electrons. The van der Waals surface area contributed by atoms with Crippen molar-refractivity contribution in [1.29, 1.82) is 5.41 Å². The Morgan fingerprint density at radius 1 is 1.50 bits per heavy atom. The van der Waals surface area contributed by atoms with E-state index in [1.165, 1.54) is 14.2 Å². The highest BCUT2D eigenvalue weighted by molar-refractivity contribution is 7.54. The first-order valence-electron chi connectivity index (χ1n) is 2.78. The summed E-state index contributed by atoms with van der Waals surface area (Å²) < 4.78 is 20.4. The van der Waals surface area contributed by atoms with Crippen LogP contribution in [0, 0.1) is 5.41 Å².